The molecule has 0 saturated carbocycles. The molecule has 0 aliphatic carbocycles. The van der Waals surface area contributed by atoms with Crippen LogP contribution in [0.25, 0.3) is 0 Å². The maximum absolute atomic E-state index is 14.6. The van der Waals surface area contributed by atoms with Crippen LogP contribution in [-0.4, -0.2) is 51.5 Å². The van der Waals surface area contributed by atoms with Crippen molar-refractivity contribution in [3.8, 4) is 0 Å². The third kappa shape index (κ3) is 4.43. The van der Waals surface area contributed by atoms with Crippen LogP contribution < -0.4 is 10.5 Å². The zero-order valence-electron chi connectivity index (χ0n) is 18.9. The van der Waals surface area contributed by atoms with Gasteiger partial charge >= 0.3 is 0 Å². The lowest BCUT2D eigenvalue weighted by atomic mass is 10.0. The van der Waals surface area contributed by atoms with Gasteiger partial charge in [-0.05, 0) is 51.0 Å². The monoisotopic (exact) mass is 469 g/mol. The predicted molar refractivity (Wildman–Crippen MR) is 123 cm³/mol. The molecule has 1 aliphatic heterocycles. The Morgan fingerprint density at radius 3 is 2.58 bits per heavy atom. The van der Waals surface area contributed by atoms with Crippen LogP contribution in [0, 0.1) is 33.5 Å². The van der Waals surface area contributed by atoms with Gasteiger partial charge in [0.05, 0.1) is 22.0 Å². The number of hydrogen-bond donors (Lipinski definition) is 1. The van der Waals surface area contributed by atoms with Crippen molar-refractivity contribution in [1.29, 1.82) is 0 Å². The molecule has 0 bridgehead atoms. The van der Waals surface area contributed by atoms with Crippen molar-refractivity contribution >= 4 is 28.2 Å². The first-order chi connectivity index (χ1) is 15.7. The summed E-state index contributed by atoms with van der Waals surface area (Å²) in [6.07, 6.45) is 0.334. The molecule has 0 spiro atoms. The number of H-pyrrole nitrogens is 1. The Morgan fingerprint density at radius 1 is 1.15 bits per heavy atom. The third-order valence-corrected chi connectivity index (χ3v) is 6.99. The topological polar surface area (TPSA) is 99.3 Å². The molecule has 3 heterocycles. The molecule has 2 aromatic heterocycles. The first-order valence-corrected chi connectivity index (χ1v) is 11.3. The Bertz CT molecular complexity index is 1320. The first kappa shape index (κ1) is 22.8. The highest BCUT2D eigenvalue weighted by atomic mass is 32.1. The minimum absolute atomic E-state index is 0.0858. The Labute approximate surface area is 194 Å². The SMILES string of the molecule is Cc1nc(C)c(N2CCN(C(=O)c3cc(Cc4n[nH]c(=O)c(C)c4C)ccc3F)CC2=O)s1. The number of piperazine rings is 1. The molecule has 4 rings (SSSR count). The lowest BCUT2D eigenvalue weighted by molar-refractivity contribution is -0.120. The summed E-state index contributed by atoms with van der Waals surface area (Å²) in [6.45, 7) is 7.75. The number of aryl methyl sites for hydroxylation is 2. The second-order valence-electron chi connectivity index (χ2n) is 8.14. The van der Waals surface area contributed by atoms with Crippen LogP contribution in [0.1, 0.15) is 43.4 Å². The second kappa shape index (κ2) is 8.86. The van der Waals surface area contributed by atoms with Gasteiger partial charge in [0, 0.05) is 25.1 Å². The summed E-state index contributed by atoms with van der Waals surface area (Å²) in [5, 5.41) is 8.21. The van der Waals surface area contributed by atoms with E-state index < -0.39 is 11.7 Å². The predicted octanol–water partition coefficient (Wildman–Crippen LogP) is 2.68. The van der Waals surface area contributed by atoms with E-state index in [4.69, 9.17) is 0 Å². The highest BCUT2D eigenvalue weighted by Gasteiger charge is 2.31. The van der Waals surface area contributed by atoms with E-state index in [1.807, 2.05) is 13.8 Å². The third-order valence-electron chi connectivity index (χ3n) is 5.89. The van der Waals surface area contributed by atoms with E-state index in [9.17, 15) is 18.8 Å². The largest absolute Gasteiger partial charge is 0.327 e. The highest BCUT2D eigenvalue weighted by Crippen LogP contribution is 2.29. The summed E-state index contributed by atoms with van der Waals surface area (Å²) < 4.78 is 14.6. The zero-order valence-corrected chi connectivity index (χ0v) is 19.7. The van der Waals surface area contributed by atoms with Gasteiger partial charge in [0.2, 0.25) is 5.91 Å². The van der Waals surface area contributed by atoms with E-state index >= 15 is 0 Å². The minimum Gasteiger partial charge on any atom is -0.327 e. The maximum Gasteiger partial charge on any atom is 0.267 e. The van der Waals surface area contributed by atoms with Crippen LogP contribution in [0.15, 0.2) is 23.0 Å². The number of halogens is 1. The van der Waals surface area contributed by atoms with Crippen LogP contribution >= 0.6 is 11.3 Å². The number of benzene rings is 1. The molecule has 10 heteroatoms. The first-order valence-electron chi connectivity index (χ1n) is 10.5. The van der Waals surface area contributed by atoms with Gasteiger partial charge in [-0.15, -0.1) is 11.3 Å². The van der Waals surface area contributed by atoms with Crippen molar-refractivity contribution < 1.29 is 14.0 Å². The van der Waals surface area contributed by atoms with Gasteiger partial charge in [-0.1, -0.05) is 6.07 Å². The van der Waals surface area contributed by atoms with Crippen LogP contribution in [0.3, 0.4) is 0 Å². The lowest BCUT2D eigenvalue weighted by Gasteiger charge is -2.33. The normalized spacial score (nSPS) is 14.2. The standard InChI is InChI=1S/C23H24FN5O3S/c1-12-13(2)21(31)27-26-19(12)10-16-5-6-18(24)17(9-16)22(32)28-7-8-29(20(30)11-28)23-14(3)25-15(4)33-23/h5-6,9H,7-8,10-11H2,1-4H3,(H,27,31). The molecule has 1 saturated heterocycles. The Morgan fingerprint density at radius 2 is 1.91 bits per heavy atom. The van der Waals surface area contributed by atoms with E-state index in [-0.39, 0.29) is 23.6 Å². The Hall–Kier alpha value is -3.40. The molecule has 172 valence electrons. The number of nitrogens with zero attached hydrogens (tertiary/aromatic N) is 4. The Kier molecular flexibility index (Phi) is 6.11. The summed E-state index contributed by atoms with van der Waals surface area (Å²) in [7, 11) is 0. The van der Waals surface area contributed by atoms with Crippen LogP contribution in [0.5, 0.6) is 0 Å². The van der Waals surface area contributed by atoms with Crippen molar-refractivity contribution in [1.82, 2.24) is 20.1 Å². The molecular formula is C23H24FN5O3S. The summed E-state index contributed by atoms with van der Waals surface area (Å²) in [5.41, 5.74) is 3.10. The smallest absolute Gasteiger partial charge is 0.267 e. The summed E-state index contributed by atoms with van der Waals surface area (Å²) >= 11 is 1.44. The summed E-state index contributed by atoms with van der Waals surface area (Å²) in [5.74, 6) is -1.39. The number of thiazole rings is 1. The summed E-state index contributed by atoms with van der Waals surface area (Å²) in [4.78, 5) is 45.0. The zero-order chi connectivity index (χ0) is 23.9. The van der Waals surface area contributed by atoms with Gasteiger partial charge in [0.15, 0.2) is 0 Å². The molecule has 0 atom stereocenters. The number of carbonyl (C=O) groups is 2. The van der Waals surface area contributed by atoms with E-state index in [1.165, 1.54) is 28.4 Å². The van der Waals surface area contributed by atoms with E-state index in [0.29, 0.717) is 36.3 Å². The molecular weight excluding hydrogens is 445 g/mol. The van der Waals surface area contributed by atoms with Crippen molar-refractivity contribution in [2.75, 3.05) is 24.5 Å². The fraction of sp³-hybridized carbons (Fsp3) is 0.348. The van der Waals surface area contributed by atoms with Crippen LogP contribution in [0.4, 0.5) is 9.39 Å². The molecule has 1 aliphatic rings. The molecule has 1 fully saturated rings. The number of aromatic amines is 1. The number of aromatic nitrogens is 3. The van der Waals surface area contributed by atoms with E-state index in [2.05, 4.69) is 15.2 Å². The van der Waals surface area contributed by atoms with Crippen molar-refractivity contribution in [2.24, 2.45) is 0 Å². The van der Waals surface area contributed by atoms with Gasteiger partial charge in [-0.3, -0.25) is 19.3 Å². The average molecular weight is 470 g/mol. The van der Waals surface area contributed by atoms with Gasteiger partial charge in [0.25, 0.3) is 11.5 Å². The fourth-order valence-corrected chi connectivity index (χ4v) is 4.85. The highest BCUT2D eigenvalue weighted by molar-refractivity contribution is 7.16. The van der Waals surface area contributed by atoms with Crippen molar-refractivity contribution in [3.63, 3.8) is 0 Å². The number of nitrogens with one attached hydrogen (secondary N) is 1. The average Bonchev–Trinajstić information content (AvgIpc) is 3.12. The van der Waals surface area contributed by atoms with Crippen LogP contribution in [0.2, 0.25) is 0 Å². The van der Waals surface area contributed by atoms with E-state index in [1.54, 1.807) is 24.8 Å². The van der Waals surface area contributed by atoms with Crippen molar-refractivity contribution in [2.45, 2.75) is 34.1 Å². The number of amides is 2. The molecule has 33 heavy (non-hydrogen) atoms. The molecule has 3 aromatic rings. The summed E-state index contributed by atoms with van der Waals surface area (Å²) in [6, 6.07) is 4.33. The molecule has 8 nitrogen and oxygen atoms in total. The second-order valence-corrected chi connectivity index (χ2v) is 9.32. The maximum atomic E-state index is 14.6. The molecule has 0 unspecified atom stereocenters. The molecule has 0 radical (unpaired) electrons. The number of anilines is 1. The van der Waals surface area contributed by atoms with Gasteiger partial charge in [-0.25, -0.2) is 14.5 Å². The van der Waals surface area contributed by atoms with E-state index in [0.717, 1.165) is 21.3 Å². The van der Waals surface area contributed by atoms with Gasteiger partial charge in [0.1, 0.15) is 17.4 Å². The molecule has 1 N–H and O–H groups in total. The number of carbonyl (C=O) groups excluding carboxylic acids is 2. The Balaban J connectivity index is 1.53. The van der Waals surface area contributed by atoms with Gasteiger partial charge < -0.3 is 4.90 Å². The quantitative estimate of drug-likeness (QED) is 0.633. The van der Waals surface area contributed by atoms with Gasteiger partial charge in [-0.2, -0.15) is 5.10 Å². The fourth-order valence-electron chi connectivity index (χ4n) is 3.89. The number of rotatable bonds is 4. The molecule has 2 amide bonds. The number of hydrogen-bond acceptors (Lipinski definition) is 6. The lowest BCUT2D eigenvalue weighted by Crippen LogP contribution is -2.52. The van der Waals surface area contributed by atoms with Crippen LogP contribution in [-0.2, 0) is 11.2 Å². The minimum atomic E-state index is -0.644. The molecule has 1 aromatic carbocycles. The van der Waals surface area contributed by atoms with Crippen molar-refractivity contribution in [3.05, 3.63) is 73.0 Å².